The predicted molar refractivity (Wildman–Crippen MR) is 119 cm³/mol. The maximum absolute atomic E-state index is 12.9. The molecule has 0 heterocycles. The van der Waals surface area contributed by atoms with Crippen molar-refractivity contribution >= 4 is 39.1 Å². The average molecular weight is 427 g/mol. The number of carbonyl (C=O) groups excluding carboxylic acids is 1. The highest BCUT2D eigenvalue weighted by Crippen LogP contribution is 2.24. The molecule has 0 bridgehead atoms. The van der Waals surface area contributed by atoms with Gasteiger partial charge in [-0.1, -0.05) is 17.7 Å². The number of nitrogens with zero attached hydrogens (tertiary/aromatic N) is 1. The largest absolute Gasteiger partial charge is 0.322 e. The minimum atomic E-state index is -3.68. The van der Waals surface area contributed by atoms with Crippen molar-refractivity contribution in [1.29, 1.82) is 0 Å². The van der Waals surface area contributed by atoms with Gasteiger partial charge in [-0.05, 0) is 73.8 Å². The molecule has 0 aliphatic heterocycles. The molecule has 0 aromatic heterocycles. The molecule has 0 saturated carbocycles. The number of nitrogens with one attached hydrogen (secondary N) is 1. The van der Waals surface area contributed by atoms with Gasteiger partial charge in [0.25, 0.3) is 15.9 Å². The number of sulfonamides is 1. The standard InChI is InChI=1S/C22H22N2O3S2/c1-16-4-8-18(9-5-16)23-22(25)17-6-10-19(11-7-17)24(2)29(26,27)21-14-12-20(28-3)13-15-21/h4-15H,1-3H3,(H,23,25). The Kier molecular flexibility index (Phi) is 6.30. The van der Waals surface area contributed by atoms with Crippen molar-refractivity contribution in [2.24, 2.45) is 0 Å². The van der Waals surface area contributed by atoms with Gasteiger partial charge in [-0.25, -0.2) is 8.42 Å². The fraction of sp³-hybridized carbons (Fsp3) is 0.136. The lowest BCUT2D eigenvalue weighted by atomic mass is 10.2. The summed E-state index contributed by atoms with van der Waals surface area (Å²) in [6.45, 7) is 1.98. The van der Waals surface area contributed by atoms with E-state index in [1.165, 1.54) is 11.4 Å². The van der Waals surface area contributed by atoms with Gasteiger partial charge >= 0.3 is 0 Å². The van der Waals surface area contributed by atoms with Crippen molar-refractivity contribution in [3.8, 4) is 0 Å². The number of benzene rings is 3. The Morgan fingerprint density at radius 1 is 0.897 bits per heavy atom. The van der Waals surface area contributed by atoms with Gasteiger partial charge in [-0.2, -0.15) is 0 Å². The first-order valence-electron chi connectivity index (χ1n) is 8.92. The van der Waals surface area contributed by atoms with Crippen molar-refractivity contribution in [3.05, 3.63) is 83.9 Å². The quantitative estimate of drug-likeness (QED) is 0.575. The summed E-state index contributed by atoms with van der Waals surface area (Å²) in [7, 11) is -2.18. The molecular formula is C22H22N2O3S2. The fourth-order valence-corrected chi connectivity index (χ4v) is 4.31. The molecular weight excluding hydrogens is 404 g/mol. The molecule has 0 atom stereocenters. The van der Waals surface area contributed by atoms with Gasteiger partial charge in [0.2, 0.25) is 0 Å². The summed E-state index contributed by atoms with van der Waals surface area (Å²) in [6.07, 6.45) is 1.94. The molecule has 29 heavy (non-hydrogen) atoms. The number of amides is 1. The van der Waals surface area contributed by atoms with Crippen LogP contribution in [0.25, 0.3) is 0 Å². The van der Waals surface area contributed by atoms with Crippen molar-refractivity contribution < 1.29 is 13.2 Å². The lowest BCUT2D eigenvalue weighted by Crippen LogP contribution is -2.26. The summed E-state index contributed by atoms with van der Waals surface area (Å²) in [6, 6.07) is 20.7. The summed E-state index contributed by atoms with van der Waals surface area (Å²) in [5.41, 5.74) is 2.74. The van der Waals surface area contributed by atoms with E-state index in [0.717, 1.165) is 10.5 Å². The Balaban J connectivity index is 1.75. The second kappa shape index (κ2) is 8.71. The van der Waals surface area contributed by atoms with E-state index in [1.54, 1.807) is 60.3 Å². The zero-order chi connectivity index (χ0) is 21.0. The van der Waals surface area contributed by atoms with Gasteiger partial charge in [-0.3, -0.25) is 9.10 Å². The Labute approximate surface area is 175 Å². The second-order valence-corrected chi connectivity index (χ2v) is 9.36. The summed E-state index contributed by atoms with van der Waals surface area (Å²) in [4.78, 5) is 13.6. The number of hydrogen-bond donors (Lipinski definition) is 1. The predicted octanol–water partition coefficient (Wildman–Crippen LogP) is 4.79. The SMILES string of the molecule is CSc1ccc(S(=O)(=O)N(C)c2ccc(C(=O)Nc3ccc(C)cc3)cc2)cc1. The fourth-order valence-electron chi connectivity index (χ4n) is 2.71. The van der Waals surface area contributed by atoms with E-state index in [-0.39, 0.29) is 10.8 Å². The molecule has 1 N–H and O–H groups in total. The van der Waals surface area contributed by atoms with Crippen LogP contribution >= 0.6 is 11.8 Å². The molecule has 0 saturated heterocycles. The first-order valence-corrected chi connectivity index (χ1v) is 11.6. The first kappa shape index (κ1) is 21.0. The number of hydrogen-bond acceptors (Lipinski definition) is 4. The van der Waals surface area contributed by atoms with Crippen LogP contribution in [-0.2, 0) is 10.0 Å². The number of thioether (sulfide) groups is 1. The lowest BCUT2D eigenvalue weighted by Gasteiger charge is -2.20. The molecule has 0 spiro atoms. The normalized spacial score (nSPS) is 11.1. The summed E-state index contributed by atoms with van der Waals surface area (Å²) in [5.74, 6) is -0.251. The molecule has 3 rings (SSSR count). The molecule has 150 valence electrons. The third-order valence-corrected chi connectivity index (χ3v) is 7.06. The van der Waals surface area contributed by atoms with Crippen LogP contribution in [0.3, 0.4) is 0 Å². The Morgan fingerprint density at radius 3 is 2.03 bits per heavy atom. The van der Waals surface area contributed by atoms with Gasteiger partial charge < -0.3 is 5.32 Å². The number of anilines is 2. The highest BCUT2D eigenvalue weighted by Gasteiger charge is 2.21. The smallest absolute Gasteiger partial charge is 0.264 e. The van der Waals surface area contributed by atoms with Crippen molar-refractivity contribution in [2.75, 3.05) is 22.9 Å². The van der Waals surface area contributed by atoms with Crippen LogP contribution in [0.1, 0.15) is 15.9 Å². The Bertz CT molecular complexity index is 1090. The third kappa shape index (κ3) is 4.81. The first-order chi connectivity index (χ1) is 13.8. The van der Waals surface area contributed by atoms with Gasteiger partial charge in [0, 0.05) is 23.2 Å². The van der Waals surface area contributed by atoms with Crippen LogP contribution in [0.15, 0.2) is 82.6 Å². The van der Waals surface area contributed by atoms with Gasteiger partial charge in [0.05, 0.1) is 10.6 Å². The second-order valence-electron chi connectivity index (χ2n) is 6.52. The van der Waals surface area contributed by atoms with Crippen LogP contribution in [0.2, 0.25) is 0 Å². The molecule has 0 aliphatic carbocycles. The number of aryl methyl sites for hydroxylation is 1. The van der Waals surface area contributed by atoms with Crippen molar-refractivity contribution in [3.63, 3.8) is 0 Å². The molecule has 1 amide bonds. The number of carbonyl (C=O) groups is 1. The number of rotatable bonds is 6. The van der Waals surface area contributed by atoms with Crippen molar-refractivity contribution in [2.45, 2.75) is 16.7 Å². The molecule has 0 fully saturated rings. The molecule has 3 aromatic rings. The Morgan fingerprint density at radius 2 is 1.48 bits per heavy atom. The van der Waals surface area contributed by atoms with Crippen LogP contribution in [0, 0.1) is 6.92 Å². The van der Waals surface area contributed by atoms with Gasteiger partial charge in [-0.15, -0.1) is 11.8 Å². The highest BCUT2D eigenvalue weighted by atomic mass is 32.2. The summed E-state index contributed by atoms with van der Waals surface area (Å²) < 4.78 is 26.9. The van der Waals surface area contributed by atoms with E-state index in [1.807, 2.05) is 37.4 Å². The van der Waals surface area contributed by atoms with E-state index in [9.17, 15) is 13.2 Å². The van der Waals surface area contributed by atoms with E-state index in [0.29, 0.717) is 16.9 Å². The average Bonchev–Trinajstić information content (AvgIpc) is 2.75. The van der Waals surface area contributed by atoms with Crippen LogP contribution in [-0.4, -0.2) is 27.6 Å². The molecule has 5 nitrogen and oxygen atoms in total. The zero-order valence-electron chi connectivity index (χ0n) is 16.4. The monoisotopic (exact) mass is 426 g/mol. The van der Waals surface area contributed by atoms with Crippen molar-refractivity contribution in [1.82, 2.24) is 0 Å². The Hall–Kier alpha value is -2.77. The third-order valence-electron chi connectivity index (χ3n) is 4.52. The van der Waals surface area contributed by atoms with Gasteiger partial charge in [0.1, 0.15) is 0 Å². The molecule has 3 aromatic carbocycles. The van der Waals surface area contributed by atoms with Crippen LogP contribution in [0.5, 0.6) is 0 Å². The summed E-state index contributed by atoms with van der Waals surface area (Å²) >= 11 is 1.55. The minimum Gasteiger partial charge on any atom is -0.322 e. The molecule has 7 heteroatoms. The zero-order valence-corrected chi connectivity index (χ0v) is 18.0. The molecule has 0 aliphatic rings. The summed E-state index contributed by atoms with van der Waals surface area (Å²) in [5, 5.41) is 2.83. The van der Waals surface area contributed by atoms with E-state index < -0.39 is 10.0 Å². The van der Waals surface area contributed by atoms with E-state index in [2.05, 4.69) is 5.32 Å². The maximum atomic E-state index is 12.9. The van der Waals surface area contributed by atoms with E-state index in [4.69, 9.17) is 0 Å². The van der Waals surface area contributed by atoms with Crippen LogP contribution in [0.4, 0.5) is 11.4 Å². The van der Waals surface area contributed by atoms with Gasteiger partial charge in [0.15, 0.2) is 0 Å². The molecule has 0 radical (unpaired) electrons. The van der Waals surface area contributed by atoms with Crippen LogP contribution < -0.4 is 9.62 Å². The highest BCUT2D eigenvalue weighted by molar-refractivity contribution is 7.98. The molecule has 0 unspecified atom stereocenters. The minimum absolute atomic E-state index is 0.221. The lowest BCUT2D eigenvalue weighted by molar-refractivity contribution is 0.102. The maximum Gasteiger partial charge on any atom is 0.264 e. The topological polar surface area (TPSA) is 66.5 Å². The van der Waals surface area contributed by atoms with E-state index >= 15 is 0 Å².